The molecule has 0 saturated carbocycles. The Labute approximate surface area is 143 Å². The average molecular weight is 341 g/mol. The third kappa shape index (κ3) is 5.18. The Hall–Kier alpha value is -1.13. The predicted molar refractivity (Wildman–Crippen MR) is 92.2 cm³/mol. The Morgan fingerprint density at radius 3 is 2.70 bits per heavy atom. The van der Waals surface area contributed by atoms with Crippen molar-refractivity contribution in [2.75, 3.05) is 0 Å². The van der Waals surface area contributed by atoms with Gasteiger partial charge >= 0.3 is 0 Å². The van der Waals surface area contributed by atoms with Crippen molar-refractivity contribution >= 4 is 18.3 Å². The molecule has 1 aromatic carbocycles. The highest BCUT2D eigenvalue weighted by molar-refractivity contribution is 5.85. The average Bonchev–Trinajstić information content (AvgIpc) is 2.77. The van der Waals surface area contributed by atoms with Crippen LogP contribution in [0.1, 0.15) is 44.6 Å². The number of amides is 1. The standard InChI is InChI=1S/C18H25FN2O.ClH/c1-12(7-13-3-2-4-14(19)9-13)8-18(22)21-17-10-15-5-6-16(11-17)20-15;/h2-4,9,12,15-17,20H,5-8,10-11H2,1H3,(H,21,22);1H. The van der Waals surface area contributed by atoms with Crippen molar-refractivity contribution in [2.24, 2.45) is 5.92 Å². The van der Waals surface area contributed by atoms with Gasteiger partial charge in [-0.3, -0.25) is 4.79 Å². The Morgan fingerprint density at radius 2 is 2.04 bits per heavy atom. The molecule has 3 nitrogen and oxygen atoms in total. The van der Waals surface area contributed by atoms with Gasteiger partial charge in [-0.15, -0.1) is 12.4 Å². The second-order valence-electron chi connectivity index (χ2n) is 7.02. The van der Waals surface area contributed by atoms with Crippen LogP contribution in [-0.4, -0.2) is 24.0 Å². The van der Waals surface area contributed by atoms with Gasteiger partial charge in [0.25, 0.3) is 0 Å². The lowest BCUT2D eigenvalue weighted by Crippen LogP contribution is -2.48. The van der Waals surface area contributed by atoms with E-state index in [0.29, 0.717) is 24.5 Å². The van der Waals surface area contributed by atoms with E-state index in [4.69, 9.17) is 0 Å². The highest BCUT2D eigenvalue weighted by Gasteiger charge is 2.33. The molecule has 2 N–H and O–H groups in total. The summed E-state index contributed by atoms with van der Waals surface area (Å²) >= 11 is 0. The number of benzene rings is 1. The van der Waals surface area contributed by atoms with Crippen LogP contribution in [0, 0.1) is 11.7 Å². The van der Waals surface area contributed by atoms with E-state index in [2.05, 4.69) is 17.6 Å². The first-order valence-electron chi connectivity index (χ1n) is 8.38. The Kier molecular flexibility index (Phi) is 6.42. The van der Waals surface area contributed by atoms with Crippen molar-refractivity contribution in [2.45, 2.75) is 63.6 Å². The molecule has 23 heavy (non-hydrogen) atoms. The molecule has 1 aromatic rings. The largest absolute Gasteiger partial charge is 0.353 e. The van der Waals surface area contributed by atoms with Gasteiger partial charge in [0.05, 0.1) is 0 Å². The number of hydrogen-bond acceptors (Lipinski definition) is 2. The fourth-order valence-corrected chi connectivity index (χ4v) is 3.92. The molecule has 0 spiro atoms. The fourth-order valence-electron chi connectivity index (χ4n) is 3.92. The van der Waals surface area contributed by atoms with E-state index in [0.717, 1.165) is 24.8 Å². The van der Waals surface area contributed by atoms with Gasteiger partial charge < -0.3 is 10.6 Å². The highest BCUT2D eigenvalue weighted by atomic mass is 35.5. The number of nitrogens with one attached hydrogen (secondary N) is 2. The number of fused-ring (bicyclic) bond motifs is 2. The molecular formula is C18H26ClFN2O. The molecule has 0 aromatic heterocycles. The quantitative estimate of drug-likeness (QED) is 0.864. The minimum absolute atomic E-state index is 0. The zero-order valence-electron chi connectivity index (χ0n) is 13.6. The van der Waals surface area contributed by atoms with Crippen LogP contribution in [0.3, 0.4) is 0 Å². The third-order valence-electron chi connectivity index (χ3n) is 4.85. The third-order valence-corrected chi connectivity index (χ3v) is 4.85. The second-order valence-corrected chi connectivity index (χ2v) is 7.02. The van der Waals surface area contributed by atoms with Crippen LogP contribution in [0.5, 0.6) is 0 Å². The maximum absolute atomic E-state index is 13.2. The number of piperidine rings is 1. The molecule has 5 heteroatoms. The minimum Gasteiger partial charge on any atom is -0.353 e. The van der Waals surface area contributed by atoms with Crippen LogP contribution in [0.25, 0.3) is 0 Å². The van der Waals surface area contributed by atoms with Crippen LogP contribution in [-0.2, 0) is 11.2 Å². The summed E-state index contributed by atoms with van der Waals surface area (Å²) < 4.78 is 13.2. The van der Waals surface area contributed by atoms with E-state index in [1.165, 1.54) is 18.9 Å². The molecule has 3 atom stereocenters. The molecule has 3 unspecified atom stereocenters. The summed E-state index contributed by atoms with van der Waals surface area (Å²) in [7, 11) is 0. The first-order valence-corrected chi connectivity index (χ1v) is 8.38. The maximum Gasteiger partial charge on any atom is 0.220 e. The van der Waals surface area contributed by atoms with Gasteiger partial charge in [-0.25, -0.2) is 4.39 Å². The summed E-state index contributed by atoms with van der Waals surface area (Å²) in [6.45, 7) is 2.05. The number of hydrogen-bond donors (Lipinski definition) is 2. The Morgan fingerprint density at radius 1 is 1.35 bits per heavy atom. The maximum atomic E-state index is 13.2. The molecule has 2 bridgehead atoms. The lowest BCUT2D eigenvalue weighted by Gasteiger charge is -2.30. The van der Waals surface area contributed by atoms with Crippen molar-refractivity contribution in [3.05, 3.63) is 35.6 Å². The SMILES string of the molecule is CC(CC(=O)NC1CC2CCC(C1)N2)Cc1cccc(F)c1.Cl. The summed E-state index contributed by atoms with van der Waals surface area (Å²) in [5.41, 5.74) is 0.959. The summed E-state index contributed by atoms with van der Waals surface area (Å²) in [5, 5.41) is 6.78. The van der Waals surface area contributed by atoms with E-state index in [9.17, 15) is 9.18 Å². The van der Waals surface area contributed by atoms with E-state index in [1.54, 1.807) is 12.1 Å². The van der Waals surface area contributed by atoms with E-state index in [1.807, 2.05) is 6.07 Å². The van der Waals surface area contributed by atoms with Gasteiger partial charge in [0, 0.05) is 24.5 Å². The predicted octanol–water partition coefficient (Wildman–Crippen LogP) is 3.22. The first kappa shape index (κ1) is 18.2. The molecular weight excluding hydrogens is 315 g/mol. The van der Waals surface area contributed by atoms with Crippen molar-refractivity contribution < 1.29 is 9.18 Å². The first-order chi connectivity index (χ1) is 10.6. The number of halogens is 2. The number of carbonyl (C=O) groups is 1. The van der Waals surface area contributed by atoms with Crippen molar-refractivity contribution in [1.82, 2.24) is 10.6 Å². The van der Waals surface area contributed by atoms with E-state index in [-0.39, 0.29) is 30.0 Å². The van der Waals surface area contributed by atoms with Gasteiger partial charge in [0.15, 0.2) is 0 Å². The summed E-state index contributed by atoms with van der Waals surface area (Å²) in [5.74, 6) is 0.148. The van der Waals surface area contributed by atoms with Crippen LogP contribution in [0.15, 0.2) is 24.3 Å². The molecule has 2 aliphatic heterocycles. The summed E-state index contributed by atoms with van der Waals surface area (Å²) in [6, 6.07) is 8.16. The normalized spacial score (nSPS) is 27.1. The van der Waals surface area contributed by atoms with E-state index >= 15 is 0 Å². The molecule has 2 heterocycles. The lowest BCUT2D eigenvalue weighted by molar-refractivity contribution is -0.122. The van der Waals surface area contributed by atoms with Crippen molar-refractivity contribution in [3.63, 3.8) is 0 Å². The lowest BCUT2D eigenvalue weighted by atomic mass is 9.96. The van der Waals surface area contributed by atoms with Crippen LogP contribution in [0.4, 0.5) is 4.39 Å². The molecule has 2 aliphatic rings. The summed E-state index contributed by atoms with van der Waals surface area (Å²) in [6.07, 6.45) is 5.85. The molecule has 3 rings (SSSR count). The monoisotopic (exact) mass is 340 g/mol. The van der Waals surface area contributed by atoms with Crippen LogP contribution in [0.2, 0.25) is 0 Å². The van der Waals surface area contributed by atoms with Crippen molar-refractivity contribution in [1.29, 1.82) is 0 Å². The topological polar surface area (TPSA) is 41.1 Å². The van der Waals surface area contributed by atoms with Gasteiger partial charge in [0.1, 0.15) is 5.82 Å². The van der Waals surface area contributed by atoms with Crippen LogP contribution < -0.4 is 10.6 Å². The second kappa shape index (κ2) is 8.11. The summed E-state index contributed by atoms with van der Waals surface area (Å²) in [4.78, 5) is 12.2. The Bertz CT molecular complexity index is 528. The van der Waals surface area contributed by atoms with Gasteiger partial charge in [-0.05, 0) is 55.7 Å². The molecule has 2 saturated heterocycles. The zero-order valence-corrected chi connectivity index (χ0v) is 14.4. The highest BCUT2D eigenvalue weighted by Crippen LogP contribution is 2.27. The Balaban J connectivity index is 0.00000192. The van der Waals surface area contributed by atoms with Crippen molar-refractivity contribution in [3.8, 4) is 0 Å². The van der Waals surface area contributed by atoms with Crippen LogP contribution >= 0.6 is 12.4 Å². The minimum atomic E-state index is -0.209. The molecule has 2 fully saturated rings. The number of rotatable bonds is 5. The van der Waals surface area contributed by atoms with Gasteiger partial charge in [-0.1, -0.05) is 19.1 Å². The molecule has 0 radical (unpaired) electrons. The zero-order chi connectivity index (χ0) is 15.5. The van der Waals surface area contributed by atoms with E-state index < -0.39 is 0 Å². The van der Waals surface area contributed by atoms with Gasteiger partial charge in [0.2, 0.25) is 5.91 Å². The molecule has 1 amide bonds. The smallest absolute Gasteiger partial charge is 0.220 e. The number of carbonyl (C=O) groups excluding carboxylic acids is 1. The molecule has 128 valence electrons. The fraction of sp³-hybridized carbons (Fsp3) is 0.611. The molecule has 0 aliphatic carbocycles. The van der Waals surface area contributed by atoms with Gasteiger partial charge in [-0.2, -0.15) is 0 Å².